The molecule has 5 aromatic rings. The number of nitrogens with zero attached hydrogens (tertiary/aromatic N) is 6. The van der Waals surface area contributed by atoms with Crippen LogP contribution in [0.1, 0.15) is 38.4 Å². The Balaban J connectivity index is 0.933. The highest BCUT2D eigenvalue weighted by Crippen LogP contribution is 2.32. The first-order valence-electron chi connectivity index (χ1n) is 18.9. The van der Waals surface area contributed by atoms with Gasteiger partial charge in [-0.15, -0.1) is 21.5 Å². The number of aliphatic hydroxyl groups excluding tert-OH is 1. The third-order valence-corrected chi connectivity index (χ3v) is 10.7. The maximum absolute atomic E-state index is 13.9. The SMILES string of the molecule is Cc1ncsc1-c1ccc(CNC(=O)[C@@H]2C[C@@H](O)CN2C(=O)C(NC(=O)COCCOCCn2cc(-c3cc(-c4ccccc4O)nnc3N)cn2)C(C)(C)C)cc1. The van der Waals surface area contributed by atoms with Gasteiger partial charge in [0.25, 0.3) is 0 Å². The van der Waals surface area contributed by atoms with E-state index >= 15 is 0 Å². The summed E-state index contributed by atoms with van der Waals surface area (Å²) < 4.78 is 12.9. The maximum Gasteiger partial charge on any atom is 0.246 e. The van der Waals surface area contributed by atoms with E-state index in [0.717, 1.165) is 27.3 Å². The molecule has 1 aliphatic heterocycles. The van der Waals surface area contributed by atoms with Gasteiger partial charge in [0.05, 0.1) is 60.4 Å². The lowest BCUT2D eigenvalue weighted by atomic mass is 9.85. The third-order valence-electron chi connectivity index (χ3n) is 9.73. The highest BCUT2D eigenvalue weighted by Gasteiger charge is 2.44. The van der Waals surface area contributed by atoms with Crippen LogP contribution in [0.4, 0.5) is 5.82 Å². The molecule has 1 unspecified atom stereocenters. The number of rotatable bonds is 16. The number of β-amino-alcohol motifs (C(OH)–C–C–N with tert-alkyl or cyclic N) is 1. The van der Waals surface area contributed by atoms with E-state index in [2.05, 4.69) is 30.9 Å². The van der Waals surface area contributed by atoms with Crippen molar-refractivity contribution in [1.82, 2.24) is 40.5 Å². The quantitative estimate of drug-likeness (QED) is 0.0904. The lowest BCUT2D eigenvalue weighted by Gasteiger charge is -2.35. The number of nitrogen functional groups attached to an aromatic ring is 1. The van der Waals surface area contributed by atoms with Crippen LogP contribution in [-0.4, -0.2) is 109 Å². The molecule has 1 aliphatic rings. The number of carbonyl (C=O) groups is 3. The number of phenols is 1. The number of anilines is 1. The molecule has 1 fully saturated rings. The van der Waals surface area contributed by atoms with Crippen molar-refractivity contribution in [3.8, 4) is 38.6 Å². The number of hydrogen-bond donors (Lipinski definition) is 5. The number of likely N-dealkylation sites (tertiary alicyclic amines) is 1. The van der Waals surface area contributed by atoms with E-state index in [1.807, 2.05) is 63.7 Å². The van der Waals surface area contributed by atoms with Crippen LogP contribution in [0.25, 0.3) is 32.8 Å². The minimum atomic E-state index is -0.975. The van der Waals surface area contributed by atoms with Gasteiger partial charge in [-0.2, -0.15) is 5.10 Å². The second-order valence-corrected chi connectivity index (χ2v) is 16.0. The number of aromatic hydroxyl groups is 1. The predicted octanol–water partition coefficient (Wildman–Crippen LogP) is 3.57. The minimum Gasteiger partial charge on any atom is -0.507 e. The molecule has 1 saturated heterocycles. The molecule has 0 saturated carbocycles. The van der Waals surface area contributed by atoms with Crippen LogP contribution in [-0.2, 0) is 36.9 Å². The van der Waals surface area contributed by atoms with Crippen molar-refractivity contribution in [2.24, 2.45) is 5.41 Å². The first kappa shape index (κ1) is 41.9. The molecule has 6 N–H and O–H groups in total. The maximum atomic E-state index is 13.9. The summed E-state index contributed by atoms with van der Waals surface area (Å²) in [5.41, 5.74) is 12.5. The van der Waals surface area contributed by atoms with Gasteiger partial charge in [-0.1, -0.05) is 57.2 Å². The van der Waals surface area contributed by atoms with Gasteiger partial charge < -0.3 is 41.0 Å². The Bertz CT molecular complexity index is 2200. The highest BCUT2D eigenvalue weighted by molar-refractivity contribution is 7.13. The molecule has 0 aliphatic carbocycles. The smallest absolute Gasteiger partial charge is 0.246 e. The Labute approximate surface area is 340 Å². The number of phenolic OH excluding ortho intramolecular Hbond substituents is 1. The molecule has 3 aromatic heterocycles. The zero-order valence-corrected chi connectivity index (χ0v) is 33.7. The van der Waals surface area contributed by atoms with Crippen LogP contribution < -0.4 is 16.4 Å². The highest BCUT2D eigenvalue weighted by atomic mass is 32.1. The van der Waals surface area contributed by atoms with Crippen LogP contribution in [0.5, 0.6) is 5.75 Å². The summed E-state index contributed by atoms with van der Waals surface area (Å²) in [6.07, 6.45) is 2.68. The number of aliphatic hydroxyl groups is 1. The van der Waals surface area contributed by atoms with Crippen LogP contribution in [0.3, 0.4) is 0 Å². The average molecular weight is 812 g/mol. The van der Waals surface area contributed by atoms with Gasteiger partial charge in [0, 0.05) is 42.4 Å². The summed E-state index contributed by atoms with van der Waals surface area (Å²) in [6.45, 7) is 8.46. The van der Waals surface area contributed by atoms with Crippen molar-refractivity contribution in [2.45, 2.75) is 65.4 Å². The van der Waals surface area contributed by atoms with Gasteiger partial charge in [-0.25, -0.2) is 4.98 Å². The van der Waals surface area contributed by atoms with Gasteiger partial charge in [-0.05, 0) is 41.7 Å². The summed E-state index contributed by atoms with van der Waals surface area (Å²) in [4.78, 5) is 47.0. The Hall–Kier alpha value is -5.75. The fraction of sp³-hybridized carbons (Fsp3) is 0.390. The van der Waals surface area contributed by atoms with Gasteiger partial charge in [-0.3, -0.25) is 19.1 Å². The number of nitrogens with two attached hydrogens (primary N) is 1. The Morgan fingerprint density at radius 1 is 1.02 bits per heavy atom. The topological polar surface area (TPSA) is 220 Å². The first-order valence-corrected chi connectivity index (χ1v) is 19.8. The van der Waals surface area contributed by atoms with E-state index in [4.69, 9.17) is 15.2 Å². The number of benzene rings is 2. The van der Waals surface area contributed by atoms with Crippen molar-refractivity contribution < 1.29 is 34.1 Å². The van der Waals surface area contributed by atoms with E-state index in [9.17, 15) is 24.6 Å². The van der Waals surface area contributed by atoms with E-state index in [0.29, 0.717) is 30.0 Å². The summed E-state index contributed by atoms with van der Waals surface area (Å²) in [5, 5.41) is 39.0. The summed E-state index contributed by atoms with van der Waals surface area (Å²) in [6, 6.07) is 14.6. The van der Waals surface area contributed by atoms with Crippen molar-refractivity contribution in [2.75, 3.05) is 38.7 Å². The number of para-hydroxylation sites is 1. The largest absolute Gasteiger partial charge is 0.507 e. The van der Waals surface area contributed by atoms with E-state index in [1.165, 1.54) is 4.90 Å². The van der Waals surface area contributed by atoms with E-state index < -0.39 is 35.4 Å². The molecule has 0 radical (unpaired) electrons. The normalized spacial score (nSPS) is 16.0. The molecule has 0 bridgehead atoms. The number of thiazole rings is 1. The number of hydrogen-bond acceptors (Lipinski definition) is 13. The molecule has 3 atom stereocenters. The van der Waals surface area contributed by atoms with Crippen LogP contribution >= 0.6 is 11.3 Å². The van der Waals surface area contributed by atoms with Crippen molar-refractivity contribution >= 4 is 34.9 Å². The standard InChI is InChI=1S/C41H49N9O7S/c1-25-36(58-24-44-25)27-11-9-26(10-12-27)19-43-39(54)33-17-29(51)22-50(33)40(55)37(41(2,3)4)46-35(53)23-57-16-15-56-14-13-49-21-28(20-45-49)31-18-32(47-48-38(31)42)30-7-5-6-8-34(30)52/h5-12,18,20-21,24,29,33,37,51-52H,13-17,19,22-23H2,1-4H3,(H2,42,48)(H,43,54)(H,46,53)/t29-,33+,37?/m1/s1. The number of carbonyl (C=O) groups excluding carboxylic acids is 3. The number of aromatic nitrogens is 5. The molecule has 4 heterocycles. The fourth-order valence-electron chi connectivity index (χ4n) is 6.60. The fourth-order valence-corrected chi connectivity index (χ4v) is 7.42. The predicted molar refractivity (Wildman–Crippen MR) is 218 cm³/mol. The second kappa shape index (κ2) is 18.7. The Morgan fingerprint density at radius 2 is 1.78 bits per heavy atom. The zero-order chi connectivity index (χ0) is 41.4. The molecule has 306 valence electrons. The van der Waals surface area contributed by atoms with Crippen LogP contribution in [0.15, 0.2) is 72.5 Å². The monoisotopic (exact) mass is 811 g/mol. The molecule has 2 aromatic carbocycles. The van der Waals surface area contributed by atoms with Crippen molar-refractivity contribution in [3.63, 3.8) is 0 Å². The summed E-state index contributed by atoms with van der Waals surface area (Å²) >= 11 is 1.57. The van der Waals surface area contributed by atoms with Crippen LogP contribution in [0, 0.1) is 12.3 Å². The summed E-state index contributed by atoms with van der Waals surface area (Å²) in [7, 11) is 0. The number of amides is 3. The van der Waals surface area contributed by atoms with E-state index in [1.54, 1.807) is 52.5 Å². The molecule has 3 amide bonds. The lowest BCUT2D eigenvalue weighted by molar-refractivity contribution is -0.144. The van der Waals surface area contributed by atoms with Gasteiger partial charge in [0.15, 0.2) is 5.82 Å². The number of aryl methyl sites for hydroxylation is 1. The first-order chi connectivity index (χ1) is 27.8. The van der Waals surface area contributed by atoms with Gasteiger partial charge >= 0.3 is 0 Å². The van der Waals surface area contributed by atoms with Crippen molar-refractivity contribution in [3.05, 3.63) is 83.8 Å². The summed E-state index contributed by atoms with van der Waals surface area (Å²) in [5.74, 6) is -1.01. The Kier molecular flexibility index (Phi) is 13.5. The Morgan fingerprint density at radius 3 is 2.50 bits per heavy atom. The van der Waals surface area contributed by atoms with Gasteiger partial charge in [0.1, 0.15) is 24.4 Å². The molecule has 17 heteroatoms. The molecule has 6 rings (SSSR count). The molecular weight excluding hydrogens is 763 g/mol. The minimum absolute atomic E-state index is 0.0223. The average Bonchev–Trinajstić information content (AvgIpc) is 3.95. The van der Waals surface area contributed by atoms with Gasteiger partial charge in [0.2, 0.25) is 17.7 Å². The third kappa shape index (κ3) is 10.4. The molecule has 58 heavy (non-hydrogen) atoms. The lowest BCUT2D eigenvalue weighted by Crippen LogP contribution is -2.58. The van der Waals surface area contributed by atoms with Crippen molar-refractivity contribution in [1.29, 1.82) is 0 Å². The molecule has 16 nitrogen and oxygen atoms in total. The number of nitrogens with one attached hydrogen (secondary N) is 2. The zero-order valence-electron chi connectivity index (χ0n) is 32.9. The van der Waals surface area contributed by atoms with Crippen LogP contribution in [0.2, 0.25) is 0 Å². The van der Waals surface area contributed by atoms with E-state index in [-0.39, 0.29) is 56.8 Å². The molecule has 0 spiro atoms. The number of ether oxygens (including phenoxy) is 2. The second-order valence-electron chi connectivity index (χ2n) is 15.1. The molecular formula is C41H49N9O7S.